The predicted molar refractivity (Wildman–Crippen MR) is 92.2 cm³/mol. The number of carbonyl (C=O) groups excluding carboxylic acids is 2. The van der Waals surface area contributed by atoms with Crippen molar-refractivity contribution in [3.05, 3.63) is 53.7 Å². The number of likely N-dealkylation sites (tertiary alicyclic amines) is 1. The lowest BCUT2D eigenvalue weighted by Gasteiger charge is -2.27. The van der Waals surface area contributed by atoms with E-state index in [1.54, 1.807) is 30.1 Å². The van der Waals surface area contributed by atoms with Crippen molar-refractivity contribution in [2.45, 2.75) is 25.4 Å². The summed E-state index contributed by atoms with van der Waals surface area (Å²) in [5.41, 5.74) is 0.654. The van der Waals surface area contributed by atoms with Crippen LogP contribution in [0.25, 0.3) is 0 Å². The molecule has 26 heavy (non-hydrogen) atoms. The fraction of sp³-hybridized carbons (Fsp3) is 0.368. The number of likely N-dealkylation sites (N-methyl/N-ethyl adjacent to an activating group) is 1. The highest BCUT2D eigenvalue weighted by atomic mass is 19.1. The van der Waals surface area contributed by atoms with E-state index >= 15 is 0 Å². The van der Waals surface area contributed by atoms with Gasteiger partial charge in [0.1, 0.15) is 6.04 Å². The van der Waals surface area contributed by atoms with E-state index in [0.717, 1.165) is 6.42 Å². The molecule has 1 atom stereocenters. The summed E-state index contributed by atoms with van der Waals surface area (Å²) in [6.45, 7) is 0.764. The van der Waals surface area contributed by atoms with E-state index in [9.17, 15) is 14.0 Å². The summed E-state index contributed by atoms with van der Waals surface area (Å²) in [5.74, 6) is -0.534. The number of methoxy groups -OCH3 is 1. The Kier molecular flexibility index (Phi) is 5.25. The van der Waals surface area contributed by atoms with Crippen molar-refractivity contribution in [3.8, 4) is 5.75 Å². The summed E-state index contributed by atoms with van der Waals surface area (Å²) >= 11 is 0. The van der Waals surface area contributed by atoms with E-state index in [0.29, 0.717) is 18.5 Å². The Hall–Kier alpha value is -2.83. The molecule has 1 aliphatic heterocycles. The average molecular weight is 360 g/mol. The molecule has 0 aliphatic carbocycles. The molecule has 1 fully saturated rings. The van der Waals surface area contributed by atoms with Crippen molar-refractivity contribution < 1.29 is 23.1 Å². The van der Waals surface area contributed by atoms with Crippen molar-refractivity contribution in [1.82, 2.24) is 9.80 Å². The van der Waals surface area contributed by atoms with Crippen LogP contribution in [-0.4, -0.2) is 48.4 Å². The molecule has 0 radical (unpaired) electrons. The summed E-state index contributed by atoms with van der Waals surface area (Å²) in [6, 6.07) is 7.30. The SMILES string of the molecule is COc1ccc(CN(C)C(=O)[C@@H]2CCCN2C(=O)c2ccco2)cc1F. The van der Waals surface area contributed by atoms with E-state index in [1.807, 2.05) is 0 Å². The van der Waals surface area contributed by atoms with E-state index < -0.39 is 11.9 Å². The Morgan fingerprint density at radius 1 is 1.38 bits per heavy atom. The maximum Gasteiger partial charge on any atom is 0.290 e. The van der Waals surface area contributed by atoms with Crippen molar-refractivity contribution in [2.75, 3.05) is 20.7 Å². The normalized spacial score (nSPS) is 16.6. The molecule has 0 unspecified atom stereocenters. The number of halogens is 1. The molecule has 2 heterocycles. The van der Waals surface area contributed by atoms with E-state index in [1.165, 1.54) is 30.4 Å². The fourth-order valence-electron chi connectivity index (χ4n) is 3.22. The Bertz CT molecular complexity index is 791. The van der Waals surface area contributed by atoms with Crippen LogP contribution in [0.15, 0.2) is 41.0 Å². The predicted octanol–water partition coefficient (Wildman–Crippen LogP) is 2.69. The zero-order valence-corrected chi connectivity index (χ0v) is 14.8. The number of amides is 2. The van der Waals surface area contributed by atoms with Gasteiger partial charge in [-0.2, -0.15) is 0 Å². The summed E-state index contributed by atoms with van der Waals surface area (Å²) in [4.78, 5) is 28.4. The first-order valence-electron chi connectivity index (χ1n) is 8.43. The first-order valence-corrected chi connectivity index (χ1v) is 8.43. The topological polar surface area (TPSA) is 63.0 Å². The summed E-state index contributed by atoms with van der Waals surface area (Å²) in [6.07, 6.45) is 2.80. The number of hydrogen-bond donors (Lipinski definition) is 0. The van der Waals surface area contributed by atoms with Gasteiger partial charge in [-0.25, -0.2) is 4.39 Å². The number of benzene rings is 1. The third-order valence-electron chi connectivity index (χ3n) is 4.54. The highest BCUT2D eigenvalue weighted by Crippen LogP contribution is 2.23. The molecule has 0 N–H and O–H groups in total. The first kappa shape index (κ1) is 18.0. The molecule has 7 heteroatoms. The minimum absolute atomic E-state index is 0.161. The summed E-state index contributed by atoms with van der Waals surface area (Å²) in [7, 11) is 3.05. The monoisotopic (exact) mass is 360 g/mol. The molecule has 2 amide bonds. The maximum atomic E-state index is 13.8. The van der Waals surface area contributed by atoms with Gasteiger partial charge in [-0.15, -0.1) is 0 Å². The van der Waals surface area contributed by atoms with Crippen molar-refractivity contribution >= 4 is 11.8 Å². The zero-order valence-electron chi connectivity index (χ0n) is 14.8. The van der Waals surface area contributed by atoms with Crippen molar-refractivity contribution in [2.24, 2.45) is 0 Å². The van der Waals surface area contributed by atoms with Gasteiger partial charge >= 0.3 is 0 Å². The lowest BCUT2D eigenvalue weighted by molar-refractivity contribution is -0.134. The fourth-order valence-corrected chi connectivity index (χ4v) is 3.22. The standard InChI is InChI=1S/C19H21FN2O4/c1-21(12-13-7-8-16(25-2)14(20)11-13)18(23)15-5-3-9-22(15)19(24)17-6-4-10-26-17/h4,6-8,10-11,15H,3,5,9,12H2,1-2H3/t15-/m0/s1. The number of furan rings is 1. The van der Waals surface area contributed by atoms with Gasteiger partial charge < -0.3 is 19.0 Å². The molecule has 1 aromatic heterocycles. The molecular formula is C19H21FN2O4. The van der Waals surface area contributed by atoms with Crippen LogP contribution < -0.4 is 4.74 Å². The van der Waals surface area contributed by atoms with Crippen LogP contribution in [0.4, 0.5) is 4.39 Å². The number of hydrogen-bond acceptors (Lipinski definition) is 4. The maximum absolute atomic E-state index is 13.8. The number of carbonyl (C=O) groups is 2. The largest absolute Gasteiger partial charge is 0.494 e. The Morgan fingerprint density at radius 2 is 2.19 bits per heavy atom. The van der Waals surface area contributed by atoms with Crippen LogP contribution in [-0.2, 0) is 11.3 Å². The molecule has 3 rings (SSSR count). The van der Waals surface area contributed by atoms with E-state index in [2.05, 4.69) is 0 Å². The van der Waals surface area contributed by atoms with Gasteiger partial charge in [0, 0.05) is 20.1 Å². The number of nitrogens with zero attached hydrogens (tertiary/aromatic N) is 2. The lowest BCUT2D eigenvalue weighted by atomic mass is 10.1. The van der Waals surface area contributed by atoms with E-state index in [4.69, 9.17) is 9.15 Å². The molecule has 0 bridgehead atoms. The van der Waals surface area contributed by atoms with Crippen LogP contribution in [0, 0.1) is 5.82 Å². The third-order valence-corrected chi connectivity index (χ3v) is 4.54. The number of ether oxygens (including phenoxy) is 1. The van der Waals surface area contributed by atoms with Crippen molar-refractivity contribution in [3.63, 3.8) is 0 Å². The van der Waals surface area contributed by atoms with Crippen LogP contribution in [0.3, 0.4) is 0 Å². The lowest BCUT2D eigenvalue weighted by Crippen LogP contribution is -2.46. The van der Waals surface area contributed by atoms with E-state index in [-0.39, 0.29) is 29.9 Å². The minimum atomic E-state index is -0.527. The molecule has 1 saturated heterocycles. The Labute approximate surface area is 151 Å². The smallest absolute Gasteiger partial charge is 0.290 e. The van der Waals surface area contributed by atoms with Gasteiger partial charge in [0.2, 0.25) is 5.91 Å². The minimum Gasteiger partial charge on any atom is -0.494 e. The highest BCUT2D eigenvalue weighted by Gasteiger charge is 2.36. The van der Waals surface area contributed by atoms with Gasteiger partial charge in [0.25, 0.3) is 5.91 Å². The Morgan fingerprint density at radius 3 is 2.85 bits per heavy atom. The van der Waals surface area contributed by atoms with Crippen LogP contribution in [0.1, 0.15) is 29.0 Å². The first-order chi connectivity index (χ1) is 12.5. The second-order valence-electron chi connectivity index (χ2n) is 6.30. The summed E-state index contributed by atoms with van der Waals surface area (Å²) < 4.78 is 23.9. The Balaban J connectivity index is 1.69. The highest BCUT2D eigenvalue weighted by molar-refractivity contribution is 5.95. The van der Waals surface area contributed by atoms with Crippen LogP contribution >= 0.6 is 0 Å². The average Bonchev–Trinajstić information content (AvgIpc) is 3.32. The second kappa shape index (κ2) is 7.59. The quantitative estimate of drug-likeness (QED) is 0.822. The third kappa shape index (κ3) is 3.56. The molecular weight excluding hydrogens is 339 g/mol. The number of rotatable bonds is 5. The van der Waals surface area contributed by atoms with Gasteiger partial charge in [-0.3, -0.25) is 9.59 Å². The summed E-state index contributed by atoms with van der Waals surface area (Å²) in [5, 5.41) is 0. The molecule has 138 valence electrons. The molecule has 1 aliphatic rings. The molecule has 0 spiro atoms. The molecule has 6 nitrogen and oxygen atoms in total. The zero-order chi connectivity index (χ0) is 18.7. The van der Waals surface area contributed by atoms with Crippen molar-refractivity contribution in [1.29, 1.82) is 0 Å². The molecule has 1 aromatic carbocycles. The van der Waals surface area contributed by atoms with Gasteiger partial charge in [0.05, 0.1) is 13.4 Å². The van der Waals surface area contributed by atoms with Crippen LogP contribution in [0.2, 0.25) is 0 Å². The second-order valence-corrected chi connectivity index (χ2v) is 6.30. The van der Waals surface area contributed by atoms with Gasteiger partial charge in [0.15, 0.2) is 17.3 Å². The van der Waals surface area contributed by atoms with Gasteiger partial charge in [-0.1, -0.05) is 6.07 Å². The molecule has 0 saturated carbocycles. The van der Waals surface area contributed by atoms with Crippen LogP contribution in [0.5, 0.6) is 5.75 Å². The van der Waals surface area contributed by atoms with Gasteiger partial charge in [-0.05, 0) is 42.7 Å². The molecule has 2 aromatic rings.